The van der Waals surface area contributed by atoms with E-state index in [-0.39, 0.29) is 27.0 Å². The molecule has 0 heterocycles. The molecule has 4 nitrogen and oxygen atoms in total. The lowest BCUT2D eigenvalue weighted by Crippen LogP contribution is -2.17. The highest BCUT2D eigenvalue weighted by Gasteiger charge is 2.37. The smallest absolute Gasteiger partial charge is 0.421 e. The third-order valence-electron chi connectivity index (χ3n) is 4.77. The van der Waals surface area contributed by atoms with E-state index in [4.69, 9.17) is 10.5 Å². The van der Waals surface area contributed by atoms with Crippen molar-refractivity contribution in [3.05, 3.63) is 86.9 Å². The van der Waals surface area contributed by atoms with Crippen LogP contribution in [0.5, 0.6) is 11.5 Å². The highest BCUT2D eigenvalue weighted by Crippen LogP contribution is 2.43. The van der Waals surface area contributed by atoms with Crippen LogP contribution in [-0.2, 0) is 6.18 Å². The predicted octanol–water partition coefficient (Wildman–Crippen LogP) is 7.12. The Balaban J connectivity index is 1.95. The quantitative estimate of drug-likeness (QED) is 0.335. The highest BCUT2D eigenvalue weighted by molar-refractivity contribution is 9.10. The molecule has 3 rings (SSSR count). The maximum absolute atomic E-state index is 14.3. The Bertz CT molecular complexity index is 1190. The van der Waals surface area contributed by atoms with Crippen molar-refractivity contribution in [3.63, 3.8) is 0 Å². The molecule has 0 fully saturated rings. The maximum Gasteiger partial charge on any atom is 0.421 e. The molecule has 0 bridgehead atoms. The average Bonchev–Trinajstić information content (AvgIpc) is 2.67. The van der Waals surface area contributed by atoms with Gasteiger partial charge in [0.2, 0.25) is 0 Å². The van der Waals surface area contributed by atoms with Crippen LogP contribution < -0.4 is 15.8 Å². The molecular formula is C23H18BrF5N2O2. The number of carbonyl (C=O) groups is 1. The number of halogens is 6. The van der Waals surface area contributed by atoms with Crippen LogP contribution in [0.4, 0.5) is 27.6 Å². The number of primary amides is 1. The molecule has 0 saturated carbocycles. The van der Waals surface area contributed by atoms with Gasteiger partial charge < -0.3 is 15.8 Å². The first-order chi connectivity index (χ1) is 15.4. The van der Waals surface area contributed by atoms with Crippen molar-refractivity contribution in [1.29, 1.82) is 0 Å². The zero-order valence-corrected chi connectivity index (χ0v) is 18.9. The first kappa shape index (κ1) is 24.5. The van der Waals surface area contributed by atoms with Crippen molar-refractivity contribution in [1.82, 2.24) is 0 Å². The summed E-state index contributed by atoms with van der Waals surface area (Å²) in [4.78, 5) is 12.0. The number of rotatable bonds is 6. The fraction of sp³-hybridized carbons (Fsp3) is 0.174. The summed E-state index contributed by atoms with van der Waals surface area (Å²) in [7, 11) is 0. The molecule has 0 unspecified atom stereocenters. The molecule has 0 saturated heterocycles. The third-order valence-corrected chi connectivity index (χ3v) is 5.43. The maximum atomic E-state index is 14.3. The molecule has 0 aliphatic carbocycles. The number of amides is 1. The fourth-order valence-corrected chi connectivity index (χ4v) is 3.91. The average molecular weight is 529 g/mol. The molecule has 1 atom stereocenters. The van der Waals surface area contributed by atoms with Gasteiger partial charge in [0.05, 0.1) is 11.6 Å². The summed E-state index contributed by atoms with van der Waals surface area (Å²) >= 11 is 2.87. The van der Waals surface area contributed by atoms with Crippen molar-refractivity contribution < 1.29 is 31.5 Å². The second-order valence-electron chi connectivity index (χ2n) is 7.29. The molecule has 0 aliphatic heterocycles. The first-order valence-electron chi connectivity index (χ1n) is 9.58. The van der Waals surface area contributed by atoms with Gasteiger partial charge in [0.15, 0.2) is 0 Å². The summed E-state index contributed by atoms with van der Waals surface area (Å²) in [5, 5.41) is 2.82. The van der Waals surface area contributed by atoms with Crippen molar-refractivity contribution in [3.8, 4) is 11.5 Å². The van der Waals surface area contributed by atoms with Crippen LogP contribution >= 0.6 is 15.9 Å². The van der Waals surface area contributed by atoms with Gasteiger partial charge in [-0.15, -0.1) is 0 Å². The second kappa shape index (κ2) is 9.38. The molecule has 174 valence electrons. The molecule has 10 heteroatoms. The van der Waals surface area contributed by atoms with Gasteiger partial charge in [0, 0.05) is 15.7 Å². The minimum atomic E-state index is -4.69. The largest absolute Gasteiger partial charge is 0.457 e. The van der Waals surface area contributed by atoms with Gasteiger partial charge in [0.1, 0.15) is 28.7 Å². The van der Waals surface area contributed by atoms with Gasteiger partial charge in [-0.3, -0.25) is 4.79 Å². The van der Waals surface area contributed by atoms with Gasteiger partial charge in [-0.25, -0.2) is 8.78 Å². The minimum absolute atomic E-state index is 0.0849. The number of benzene rings is 3. The summed E-state index contributed by atoms with van der Waals surface area (Å²) in [6.45, 7) is 3.04. The number of hydrogen-bond donors (Lipinski definition) is 2. The number of alkyl halides is 3. The molecule has 3 aromatic carbocycles. The summed E-state index contributed by atoms with van der Waals surface area (Å²) < 4.78 is 74.1. The van der Waals surface area contributed by atoms with Gasteiger partial charge in [0.25, 0.3) is 5.91 Å². The van der Waals surface area contributed by atoms with Crippen molar-refractivity contribution in [2.45, 2.75) is 26.1 Å². The minimum Gasteiger partial charge on any atom is -0.457 e. The van der Waals surface area contributed by atoms with Crippen LogP contribution in [0, 0.1) is 18.6 Å². The van der Waals surface area contributed by atoms with E-state index in [0.29, 0.717) is 5.56 Å². The zero-order valence-electron chi connectivity index (χ0n) is 17.4. The molecule has 1 amide bonds. The topological polar surface area (TPSA) is 64.3 Å². The SMILES string of the molecule is Cc1cc(F)c([C@@H](C)Nc2ccc(Oc3cccc(Br)c3C(F)(F)F)cc2C(N)=O)c(F)c1. The molecule has 3 N–H and O–H groups in total. The van der Waals surface area contributed by atoms with Gasteiger partial charge >= 0.3 is 6.18 Å². The van der Waals surface area contributed by atoms with Crippen LogP contribution in [0.3, 0.4) is 0 Å². The van der Waals surface area contributed by atoms with E-state index >= 15 is 0 Å². The fourth-order valence-electron chi connectivity index (χ4n) is 3.34. The van der Waals surface area contributed by atoms with E-state index in [0.717, 1.165) is 12.1 Å². The summed E-state index contributed by atoms with van der Waals surface area (Å²) in [5.41, 5.74) is 4.58. The van der Waals surface area contributed by atoms with E-state index < -0.39 is 41.1 Å². The van der Waals surface area contributed by atoms with Gasteiger partial charge in [-0.2, -0.15) is 13.2 Å². The zero-order chi connectivity index (χ0) is 24.5. The summed E-state index contributed by atoms with van der Waals surface area (Å²) in [6.07, 6.45) is -4.69. The Labute approximate surface area is 194 Å². The van der Waals surface area contributed by atoms with Crippen molar-refractivity contribution in [2.24, 2.45) is 5.73 Å². The van der Waals surface area contributed by atoms with Crippen molar-refractivity contribution in [2.75, 3.05) is 5.32 Å². The van der Waals surface area contributed by atoms with Crippen LogP contribution in [-0.4, -0.2) is 5.91 Å². The Hall–Kier alpha value is -3.14. The van der Waals surface area contributed by atoms with Crippen LogP contribution in [0.2, 0.25) is 0 Å². The Morgan fingerprint density at radius 3 is 2.30 bits per heavy atom. The van der Waals surface area contributed by atoms with Crippen molar-refractivity contribution >= 4 is 27.5 Å². The molecule has 33 heavy (non-hydrogen) atoms. The number of aryl methyl sites for hydroxylation is 1. The number of ether oxygens (including phenoxy) is 1. The molecule has 0 radical (unpaired) electrons. The van der Waals surface area contributed by atoms with Crippen LogP contribution in [0.1, 0.15) is 40.0 Å². The van der Waals surface area contributed by atoms with Gasteiger partial charge in [-0.05, 0) is 61.9 Å². The predicted molar refractivity (Wildman–Crippen MR) is 117 cm³/mol. The lowest BCUT2D eigenvalue weighted by atomic mass is 10.0. The number of carbonyl (C=O) groups excluding carboxylic acids is 1. The third kappa shape index (κ3) is 5.44. The number of anilines is 1. The number of nitrogens with two attached hydrogens (primary N) is 1. The summed E-state index contributed by atoms with van der Waals surface area (Å²) in [6, 6.07) is 8.99. The standard InChI is InChI=1S/C23H18BrF5N2O2/c1-11-8-16(25)20(17(26)9-11)12(2)31-18-7-6-13(10-14(18)22(30)32)33-19-5-3-4-15(24)21(19)23(27,28)29/h3-10,12,31H,1-2H3,(H2,30,32)/t12-/m1/s1. The number of nitrogens with one attached hydrogen (secondary N) is 1. The van der Waals surface area contributed by atoms with E-state index in [2.05, 4.69) is 21.2 Å². The Morgan fingerprint density at radius 1 is 1.09 bits per heavy atom. The highest BCUT2D eigenvalue weighted by atomic mass is 79.9. The van der Waals surface area contributed by atoms with E-state index in [9.17, 15) is 26.7 Å². The number of hydrogen-bond acceptors (Lipinski definition) is 3. The van der Waals surface area contributed by atoms with Gasteiger partial charge in [-0.1, -0.05) is 22.0 Å². The Morgan fingerprint density at radius 2 is 1.73 bits per heavy atom. The molecule has 3 aromatic rings. The molecule has 0 aromatic heterocycles. The van der Waals surface area contributed by atoms with Crippen LogP contribution in [0.15, 0.2) is 53.0 Å². The van der Waals surface area contributed by atoms with E-state index in [1.807, 2.05) is 0 Å². The van der Waals surface area contributed by atoms with E-state index in [1.165, 1.54) is 43.3 Å². The monoisotopic (exact) mass is 528 g/mol. The molecule has 0 spiro atoms. The normalized spacial score (nSPS) is 12.4. The second-order valence-corrected chi connectivity index (χ2v) is 8.15. The lowest BCUT2D eigenvalue weighted by Gasteiger charge is -2.20. The lowest BCUT2D eigenvalue weighted by molar-refractivity contribution is -0.139. The Kier molecular flexibility index (Phi) is 6.97. The molecule has 0 aliphatic rings. The first-order valence-corrected chi connectivity index (χ1v) is 10.4. The summed E-state index contributed by atoms with van der Waals surface area (Å²) in [5.74, 6) is -3.00. The molecular weight excluding hydrogens is 511 g/mol. The van der Waals surface area contributed by atoms with E-state index in [1.54, 1.807) is 6.92 Å². The van der Waals surface area contributed by atoms with Crippen LogP contribution in [0.25, 0.3) is 0 Å².